The van der Waals surface area contributed by atoms with Crippen LogP contribution in [-0.2, 0) is 0 Å². The molecule has 0 aliphatic rings. The second-order valence-corrected chi connectivity index (χ2v) is 4.16. The van der Waals surface area contributed by atoms with Gasteiger partial charge in [0, 0.05) is 5.75 Å². The molecule has 0 aliphatic heterocycles. The van der Waals surface area contributed by atoms with Crippen LogP contribution in [0.15, 0.2) is 22.5 Å². The highest BCUT2D eigenvalue weighted by Gasteiger charge is 1.95. The number of unbranched alkanes of at least 4 members (excludes halogenated alkanes) is 1. The fourth-order valence-corrected chi connectivity index (χ4v) is 2.13. The Hall–Kier alpha value is -0.350. The zero-order chi connectivity index (χ0) is 7.94. The van der Waals surface area contributed by atoms with Gasteiger partial charge in [-0.2, -0.15) is 0 Å². The number of rotatable bonds is 5. The van der Waals surface area contributed by atoms with Gasteiger partial charge in [-0.1, -0.05) is 29.2 Å². The molecular formula is C7H10N2S2. The molecule has 4 heteroatoms. The Morgan fingerprint density at radius 3 is 3.27 bits per heavy atom. The number of allylic oxidation sites excluding steroid dienone is 1. The van der Waals surface area contributed by atoms with Crippen molar-refractivity contribution in [2.75, 3.05) is 5.75 Å². The van der Waals surface area contributed by atoms with Gasteiger partial charge in [0.05, 0.1) is 0 Å². The zero-order valence-electron chi connectivity index (χ0n) is 6.19. The van der Waals surface area contributed by atoms with Crippen molar-refractivity contribution >= 4 is 23.1 Å². The van der Waals surface area contributed by atoms with Gasteiger partial charge in [-0.05, 0) is 12.8 Å². The van der Waals surface area contributed by atoms with Gasteiger partial charge in [0.15, 0.2) is 4.34 Å². The Labute approximate surface area is 74.7 Å². The van der Waals surface area contributed by atoms with Crippen LogP contribution in [0, 0.1) is 0 Å². The Morgan fingerprint density at radius 1 is 1.73 bits per heavy atom. The third-order valence-corrected chi connectivity index (χ3v) is 3.06. The molecule has 0 atom stereocenters. The second kappa shape index (κ2) is 5.32. The van der Waals surface area contributed by atoms with E-state index in [-0.39, 0.29) is 0 Å². The van der Waals surface area contributed by atoms with Crippen LogP contribution in [0.1, 0.15) is 12.8 Å². The van der Waals surface area contributed by atoms with Gasteiger partial charge in [-0.25, -0.2) is 0 Å². The van der Waals surface area contributed by atoms with Crippen molar-refractivity contribution in [3.8, 4) is 0 Å². The quantitative estimate of drug-likeness (QED) is 0.401. The number of nitrogens with zero attached hydrogens (tertiary/aromatic N) is 2. The molecule has 1 heterocycles. The van der Waals surface area contributed by atoms with Crippen LogP contribution in [0.25, 0.3) is 0 Å². The topological polar surface area (TPSA) is 25.8 Å². The maximum Gasteiger partial charge on any atom is 0.174 e. The number of hydrogen-bond donors (Lipinski definition) is 0. The van der Waals surface area contributed by atoms with E-state index in [0.29, 0.717) is 0 Å². The van der Waals surface area contributed by atoms with E-state index in [2.05, 4.69) is 16.8 Å². The lowest BCUT2D eigenvalue weighted by Crippen LogP contribution is -1.77. The highest BCUT2D eigenvalue weighted by atomic mass is 32.2. The van der Waals surface area contributed by atoms with Gasteiger partial charge >= 0.3 is 0 Å². The van der Waals surface area contributed by atoms with E-state index in [1.807, 2.05) is 6.08 Å². The average molecular weight is 186 g/mol. The maximum absolute atomic E-state index is 3.92. The van der Waals surface area contributed by atoms with Crippen molar-refractivity contribution in [3.05, 3.63) is 18.2 Å². The molecule has 0 saturated carbocycles. The Morgan fingerprint density at radius 2 is 2.64 bits per heavy atom. The van der Waals surface area contributed by atoms with Crippen molar-refractivity contribution in [2.45, 2.75) is 17.2 Å². The molecule has 0 bridgehead atoms. The van der Waals surface area contributed by atoms with Gasteiger partial charge in [0.1, 0.15) is 5.51 Å². The first-order chi connectivity index (χ1) is 5.43. The summed E-state index contributed by atoms with van der Waals surface area (Å²) < 4.78 is 1.06. The summed E-state index contributed by atoms with van der Waals surface area (Å²) >= 11 is 3.36. The van der Waals surface area contributed by atoms with Gasteiger partial charge in [-0.3, -0.25) is 0 Å². The monoisotopic (exact) mass is 186 g/mol. The van der Waals surface area contributed by atoms with E-state index in [9.17, 15) is 0 Å². The highest BCUT2D eigenvalue weighted by Crippen LogP contribution is 2.19. The molecule has 1 aromatic rings. The van der Waals surface area contributed by atoms with Gasteiger partial charge < -0.3 is 0 Å². The summed E-state index contributed by atoms with van der Waals surface area (Å²) in [4.78, 5) is 0. The number of thioether (sulfide) groups is 1. The summed E-state index contributed by atoms with van der Waals surface area (Å²) in [6, 6.07) is 0. The predicted octanol–water partition coefficient (Wildman–Crippen LogP) is 2.60. The first kappa shape index (κ1) is 8.74. The maximum atomic E-state index is 3.92. The molecule has 0 radical (unpaired) electrons. The smallest absolute Gasteiger partial charge is 0.146 e. The lowest BCUT2D eigenvalue weighted by atomic mass is 10.3. The average Bonchev–Trinajstić information content (AvgIpc) is 2.50. The minimum atomic E-state index is 1.06. The summed E-state index contributed by atoms with van der Waals surface area (Å²) in [7, 11) is 0. The van der Waals surface area contributed by atoms with E-state index in [0.717, 1.165) is 16.5 Å². The number of aromatic nitrogens is 2. The summed E-state index contributed by atoms with van der Waals surface area (Å²) in [5.41, 5.74) is 1.76. The lowest BCUT2D eigenvalue weighted by molar-refractivity contribution is 0.965. The molecule has 0 spiro atoms. The highest BCUT2D eigenvalue weighted by molar-refractivity contribution is 8.00. The lowest BCUT2D eigenvalue weighted by Gasteiger charge is -1.92. The van der Waals surface area contributed by atoms with Crippen LogP contribution in [0.5, 0.6) is 0 Å². The van der Waals surface area contributed by atoms with Crippen molar-refractivity contribution in [2.24, 2.45) is 0 Å². The van der Waals surface area contributed by atoms with Crippen molar-refractivity contribution in [3.63, 3.8) is 0 Å². The van der Waals surface area contributed by atoms with Crippen LogP contribution >= 0.6 is 23.1 Å². The summed E-state index contributed by atoms with van der Waals surface area (Å²) in [5, 5.41) is 7.67. The summed E-state index contributed by atoms with van der Waals surface area (Å²) in [6.07, 6.45) is 4.21. The third kappa shape index (κ3) is 3.53. The fourth-order valence-electron chi connectivity index (χ4n) is 0.613. The summed E-state index contributed by atoms with van der Waals surface area (Å²) in [6.45, 7) is 3.66. The molecule has 0 fully saturated rings. The molecule has 0 aliphatic carbocycles. The largest absolute Gasteiger partial charge is 0.174 e. The van der Waals surface area contributed by atoms with Crippen molar-refractivity contribution in [1.82, 2.24) is 10.2 Å². The first-order valence-electron chi connectivity index (χ1n) is 3.43. The van der Waals surface area contributed by atoms with Crippen LogP contribution < -0.4 is 0 Å². The Balaban J connectivity index is 2.09. The predicted molar refractivity (Wildman–Crippen MR) is 50.1 cm³/mol. The van der Waals surface area contributed by atoms with Crippen LogP contribution in [-0.4, -0.2) is 16.0 Å². The van der Waals surface area contributed by atoms with Gasteiger partial charge in [0.2, 0.25) is 0 Å². The van der Waals surface area contributed by atoms with Gasteiger partial charge in [-0.15, -0.1) is 16.8 Å². The summed E-state index contributed by atoms with van der Waals surface area (Å²) in [5.74, 6) is 1.11. The molecule has 0 unspecified atom stereocenters. The van der Waals surface area contributed by atoms with E-state index in [4.69, 9.17) is 0 Å². The number of hydrogen-bond acceptors (Lipinski definition) is 4. The zero-order valence-corrected chi connectivity index (χ0v) is 7.83. The molecular weight excluding hydrogens is 176 g/mol. The van der Waals surface area contributed by atoms with Crippen molar-refractivity contribution < 1.29 is 0 Å². The fraction of sp³-hybridized carbons (Fsp3) is 0.429. The second-order valence-electron chi connectivity index (χ2n) is 1.98. The van der Waals surface area contributed by atoms with E-state index in [1.54, 1.807) is 28.6 Å². The van der Waals surface area contributed by atoms with E-state index >= 15 is 0 Å². The molecule has 0 N–H and O–H groups in total. The van der Waals surface area contributed by atoms with Crippen LogP contribution in [0.3, 0.4) is 0 Å². The molecule has 0 amide bonds. The standard InChI is InChI=1S/C7H10N2S2/c1-2-3-4-5-10-7-9-8-6-11-7/h2,6H,1,3-5H2. The van der Waals surface area contributed by atoms with Crippen molar-refractivity contribution in [1.29, 1.82) is 0 Å². The molecule has 0 aromatic carbocycles. The molecule has 0 saturated heterocycles. The molecule has 60 valence electrons. The third-order valence-electron chi connectivity index (χ3n) is 1.12. The Kier molecular flexibility index (Phi) is 4.23. The van der Waals surface area contributed by atoms with E-state index < -0.39 is 0 Å². The molecule has 2 nitrogen and oxygen atoms in total. The molecule has 1 aromatic heterocycles. The van der Waals surface area contributed by atoms with Gasteiger partial charge in [0.25, 0.3) is 0 Å². The first-order valence-corrected chi connectivity index (χ1v) is 5.30. The normalized spacial score (nSPS) is 9.82. The van der Waals surface area contributed by atoms with E-state index in [1.165, 1.54) is 6.42 Å². The minimum absolute atomic E-state index is 1.06. The SMILES string of the molecule is C=CCCCSc1nncs1. The van der Waals surface area contributed by atoms with Crippen LogP contribution in [0.2, 0.25) is 0 Å². The van der Waals surface area contributed by atoms with Crippen LogP contribution in [0.4, 0.5) is 0 Å². The minimum Gasteiger partial charge on any atom is -0.146 e. The molecule has 1 rings (SSSR count). The molecule has 11 heavy (non-hydrogen) atoms. The Bertz CT molecular complexity index is 196.